The minimum absolute atomic E-state index is 0.0113. The second-order valence-corrected chi connectivity index (χ2v) is 20.1. The number of hydrogen-bond acceptors (Lipinski definition) is 2. The Balaban J connectivity index is 1.32. The molecule has 9 aromatic carbocycles. The maximum absolute atomic E-state index is 2.66. The van der Waals surface area contributed by atoms with Gasteiger partial charge in [0, 0.05) is 45.6 Å². The second kappa shape index (κ2) is 16.0. The van der Waals surface area contributed by atoms with Crippen LogP contribution in [0.15, 0.2) is 182 Å². The van der Waals surface area contributed by atoms with Gasteiger partial charge in [0.1, 0.15) is 0 Å². The quantitative estimate of drug-likeness (QED) is 0.154. The van der Waals surface area contributed by atoms with E-state index in [0.717, 1.165) is 12.8 Å². The standard InChI is InChI=1S/C63H58N2/c1-40(2)51-30-26-44(42-18-10-8-11-19-42)37-57(51)64-55-24-16-14-22-46(55)34-47-23-15-17-25-56(47)65(58-38-45(27-31-52(58)41(3)4)43-20-12-9-13-21-43)60-39-59(64)53-32-28-48-35-50(63(5,6)7)36-49-29-33-54(60)62(53)61(48)49/h8-20,22-33,35-41,43H,21,34H2,1-7H3. The van der Waals surface area contributed by atoms with Crippen LogP contribution in [0.4, 0.5) is 34.1 Å². The predicted octanol–water partition coefficient (Wildman–Crippen LogP) is 18.2. The topological polar surface area (TPSA) is 6.48 Å². The van der Waals surface area contributed by atoms with Crippen molar-refractivity contribution < 1.29 is 0 Å². The monoisotopic (exact) mass is 842 g/mol. The zero-order valence-electron chi connectivity index (χ0n) is 38.9. The fraction of sp³-hybridized carbons (Fsp3) is 0.206. The fourth-order valence-electron chi connectivity index (χ4n) is 10.8. The van der Waals surface area contributed by atoms with E-state index in [1.54, 1.807) is 0 Å². The van der Waals surface area contributed by atoms with E-state index in [0.29, 0.717) is 11.8 Å². The number of nitrogens with zero attached hydrogens (tertiary/aromatic N) is 2. The number of rotatable bonds is 6. The van der Waals surface area contributed by atoms with Gasteiger partial charge in [0.25, 0.3) is 0 Å². The molecule has 1 heterocycles. The largest absolute Gasteiger partial charge is 0.309 e. The van der Waals surface area contributed by atoms with Crippen LogP contribution in [-0.2, 0) is 11.8 Å². The number of benzene rings is 9. The zero-order chi connectivity index (χ0) is 44.6. The molecule has 2 heteroatoms. The first-order valence-corrected chi connectivity index (χ1v) is 23.7. The van der Waals surface area contributed by atoms with Crippen molar-refractivity contribution in [3.63, 3.8) is 0 Å². The van der Waals surface area contributed by atoms with Gasteiger partial charge in [0.05, 0.1) is 17.1 Å². The Hall–Kier alpha value is -6.90. The molecule has 11 rings (SSSR count). The fourth-order valence-corrected chi connectivity index (χ4v) is 10.8. The molecular formula is C63H58N2. The van der Waals surface area contributed by atoms with E-state index in [-0.39, 0.29) is 11.3 Å². The number of allylic oxidation sites excluding steroid dienone is 4. The summed E-state index contributed by atoms with van der Waals surface area (Å²) in [5.74, 6) is 0.897. The molecular weight excluding hydrogens is 785 g/mol. The Morgan fingerprint density at radius 1 is 0.477 bits per heavy atom. The molecule has 1 aliphatic heterocycles. The molecule has 1 unspecified atom stereocenters. The van der Waals surface area contributed by atoms with E-state index >= 15 is 0 Å². The van der Waals surface area contributed by atoms with Gasteiger partial charge >= 0.3 is 0 Å². The van der Waals surface area contributed by atoms with Crippen molar-refractivity contribution in [2.75, 3.05) is 9.80 Å². The van der Waals surface area contributed by atoms with Crippen LogP contribution in [0, 0.1) is 0 Å². The smallest absolute Gasteiger partial charge is 0.0561 e. The summed E-state index contributed by atoms with van der Waals surface area (Å²) < 4.78 is 0. The Morgan fingerprint density at radius 2 is 1.05 bits per heavy atom. The summed E-state index contributed by atoms with van der Waals surface area (Å²) >= 11 is 0. The van der Waals surface area contributed by atoms with Gasteiger partial charge in [0.15, 0.2) is 0 Å². The third kappa shape index (κ3) is 7.02. The van der Waals surface area contributed by atoms with Crippen molar-refractivity contribution >= 4 is 66.4 Å². The summed E-state index contributed by atoms with van der Waals surface area (Å²) in [6.07, 6.45) is 10.8. The van der Waals surface area contributed by atoms with Crippen molar-refractivity contribution in [1.82, 2.24) is 0 Å². The summed E-state index contributed by atoms with van der Waals surface area (Å²) in [6, 6.07) is 60.8. The van der Waals surface area contributed by atoms with E-state index in [4.69, 9.17) is 0 Å². The Kier molecular flexibility index (Phi) is 10.0. The van der Waals surface area contributed by atoms with Crippen LogP contribution in [0.5, 0.6) is 0 Å². The number of anilines is 6. The predicted molar refractivity (Wildman–Crippen MR) is 280 cm³/mol. The average Bonchev–Trinajstić information content (AvgIpc) is 3.32. The summed E-state index contributed by atoms with van der Waals surface area (Å²) in [6.45, 7) is 16.4. The first-order valence-electron chi connectivity index (χ1n) is 23.7. The van der Waals surface area contributed by atoms with Crippen LogP contribution in [0.1, 0.15) is 106 Å². The zero-order valence-corrected chi connectivity index (χ0v) is 38.9. The SMILES string of the molecule is CC(C)c1ccc(-c2ccccc2)cc1N1c2ccccc2Cc2ccccc2N(c2cc(C3C=CC=CC3)ccc2C(C)C)c2cc1c1ccc3cc(C(C)(C)C)cc4ccc2c1c34. The molecule has 320 valence electrons. The molecule has 0 radical (unpaired) electrons. The van der Waals surface area contributed by atoms with E-state index < -0.39 is 0 Å². The van der Waals surface area contributed by atoms with Crippen LogP contribution in [0.3, 0.4) is 0 Å². The molecule has 65 heavy (non-hydrogen) atoms. The van der Waals surface area contributed by atoms with Gasteiger partial charge in [-0.15, -0.1) is 0 Å². The lowest BCUT2D eigenvalue weighted by Crippen LogP contribution is -2.20. The van der Waals surface area contributed by atoms with Crippen molar-refractivity contribution in [2.24, 2.45) is 0 Å². The van der Waals surface area contributed by atoms with Gasteiger partial charge in [-0.2, -0.15) is 0 Å². The van der Waals surface area contributed by atoms with E-state index in [1.807, 2.05) is 0 Å². The molecule has 1 atom stereocenters. The molecule has 2 aliphatic rings. The van der Waals surface area contributed by atoms with Gasteiger partial charge < -0.3 is 9.80 Å². The van der Waals surface area contributed by atoms with Crippen molar-refractivity contribution in [3.05, 3.63) is 215 Å². The molecule has 0 aromatic heterocycles. The number of hydrogen-bond donors (Lipinski definition) is 0. The van der Waals surface area contributed by atoms with Crippen LogP contribution in [-0.4, -0.2) is 0 Å². The normalized spacial score (nSPS) is 15.1. The lowest BCUT2D eigenvalue weighted by atomic mass is 9.82. The van der Waals surface area contributed by atoms with Crippen molar-refractivity contribution in [1.29, 1.82) is 0 Å². The molecule has 1 aliphatic carbocycles. The van der Waals surface area contributed by atoms with Crippen LogP contribution in [0.25, 0.3) is 43.4 Å². The van der Waals surface area contributed by atoms with Gasteiger partial charge in [0.2, 0.25) is 0 Å². The molecule has 0 saturated carbocycles. The highest BCUT2D eigenvalue weighted by Gasteiger charge is 2.31. The molecule has 9 aromatic rings. The third-order valence-corrected chi connectivity index (χ3v) is 14.2. The maximum Gasteiger partial charge on any atom is 0.0561 e. The highest BCUT2D eigenvalue weighted by molar-refractivity contribution is 6.29. The van der Waals surface area contributed by atoms with Gasteiger partial charge in [-0.3, -0.25) is 0 Å². The summed E-state index contributed by atoms with van der Waals surface area (Å²) in [5.41, 5.74) is 17.7. The van der Waals surface area contributed by atoms with Crippen LogP contribution < -0.4 is 9.80 Å². The van der Waals surface area contributed by atoms with Crippen LogP contribution >= 0.6 is 0 Å². The first-order chi connectivity index (χ1) is 31.5. The van der Waals surface area contributed by atoms with Crippen LogP contribution in [0.2, 0.25) is 0 Å². The van der Waals surface area contributed by atoms with E-state index in [2.05, 4.69) is 240 Å². The van der Waals surface area contributed by atoms with E-state index in [1.165, 1.54) is 111 Å². The van der Waals surface area contributed by atoms with Crippen molar-refractivity contribution in [2.45, 2.75) is 84.5 Å². The third-order valence-electron chi connectivity index (χ3n) is 14.2. The molecule has 2 bridgehead atoms. The number of para-hydroxylation sites is 2. The van der Waals surface area contributed by atoms with Crippen molar-refractivity contribution in [3.8, 4) is 11.1 Å². The average molecular weight is 843 g/mol. The highest BCUT2D eigenvalue weighted by Crippen LogP contribution is 2.54. The minimum atomic E-state index is 0.0113. The molecule has 0 N–H and O–H groups in total. The lowest BCUT2D eigenvalue weighted by Gasteiger charge is -2.37. The molecule has 0 fully saturated rings. The Labute approximate surface area is 385 Å². The number of fused-ring (bicyclic) bond motifs is 6. The summed E-state index contributed by atoms with van der Waals surface area (Å²) in [7, 11) is 0. The maximum atomic E-state index is 2.66. The lowest BCUT2D eigenvalue weighted by molar-refractivity contribution is 0.591. The minimum Gasteiger partial charge on any atom is -0.309 e. The summed E-state index contributed by atoms with van der Waals surface area (Å²) in [4.78, 5) is 5.29. The molecule has 2 nitrogen and oxygen atoms in total. The molecule has 0 spiro atoms. The second-order valence-electron chi connectivity index (χ2n) is 20.1. The molecule has 0 amide bonds. The molecule has 0 saturated heterocycles. The van der Waals surface area contributed by atoms with Gasteiger partial charge in [-0.05, 0) is 115 Å². The first kappa shape index (κ1) is 40.8. The van der Waals surface area contributed by atoms with Gasteiger partial charge in [-0.1, -0.05) is 200 Å². The Morgan fingerprint density at radius 3 is 1.62 bits per heavy atom. The highest BCUT2D eigenvalue weighted by atomic mass is 15.2. The summed E-state index contributed by atoms with van der Waals surface area (Å²) in [5, 5.41) is 7.73. The van der Waals surface area contributed by atoms with Gasteiger partial charge in [-0.25, -0.2) is 0 Å². The van der Waals surface area contributed by atoms with E-state index in [9.17, 15) is 0 Å². The Bertz CT molecular complexity index is 3300.